The van der Waals surface area contributed by atoms with E-state index in [4.69, 9.17) is 0 Å². The highest BCUT2D eigenvalue weighted by molar-refractivity contribution is 5.96. The number of ketones is 1. The summed E-state index contributed by atoms with van der Waals surface area (Å²) in [6.45, 7) is 3.60. The summed E-state index contributed by atoms with van der Waals surface area (Å²) in [5.41, 5.74) is 0. The molecule has 0 aliphatic heterocycles. The summed E-state index contributed by atoms with van der Waals surface area (Å²) in [5.74, 6) is -0.906. The minimum Gasteiger partial charge on any atom is -0.466 e. The Morgan fingerprint density at radius 2 is 1.93 bits per heavy atom. The van der Waals surface area contributed by atoms with Crippen LogP contribution in [0.4, 0.5) is 0 Å². The monoisotopic (exact) mass is 201 g/mol. The van der Waals surface area contributed by atoms with Gasteiger partial charge in [0.1, 0.15) is 5.78 Å². The maximum absolute atomic E-state index is 10.9. The van der Waals surface area contributed by atoms with Gasteiger partial charge in [0.15, 0.2) is 0 Å². The maximum Gasteiger partial charge on any atom is 0.307 e. The molecule has 0 aliphatic carbocycles. The molecule has 0 rings (SSSR count). The number of amides is 1. The van der Waals surface area contributed by atoms with Gasteiger partial charge < -0.3 is 10.1 Å². The molecule has 80 valence electrons. The first kappa shape index (κ1) is 12.6. The van der Waals surface area contributed by atoms with Crippen LogP contribution in [0.15, 0.2) is 0 Å². The lowest BCUT2D eigenvalue weighted by Crippen LogP contribution is -2.27. The molecule has 0 bridgehead atoms. The second kappa shape index (κ2) is 7.06. The van der Waals surface area contributed by atoms with E-state index in [1.165, 1.54) is 6.92 Å². The van der Waals surface area contributed by atoms with E-state index in [0.717, 1.165) is 0 Å². The van der Waals surface area contributed by atoms with Crippen molar-refractivity contribution in [1.82, 2.24) is 5.32 Å². The lowest BCUT2D eigenvalue weighted by molar-refractivity contribution is -0.143. The fourth-order valence-corrected chi connectivity index (χ4v) is 0.826. The van der Waals surface area contributed by atoms with Gasteiger partial charge in [-0.1, -0.05) is 0 Å². The van der Waals surface area contributed by atoms with Gasteiger partial charge in [-0.05, 0) is 13.8 Å². The molecule has 0 spiro atoms. The van der Waals surface area contributed by atoms with E-state index in [9.17, 15) is 14.4 Å². The van der Waals surface area contributed by atoms with Gasteiger partial charge >= 0.3 is 5.97 Å². The summed E-state index contributed by atoms with van der Waals surface area (Å²) in [5, 5.41) is 2.44. The molecule has 0 unspecified atom stereocenters. The molecule has 1 N–H and O–H groups in total. The quantitative estimate of drug-likeness (QED) is 0.486. The number of hydrogen-bond donors (Lipinski definition) is 1. The molecule has 0 saturated heterocycles. The SMILES string of the molecule is CCOC(=O)CCNC(=O)CC(C)=O. The largest absolute Gasteiger partial charge is 0.466 e. The Bertz CT molecular complexity index is 225. The third kappa shape index (κ3) is 7.27. The Morgan fingerprint density at radius 1 is 1.29 bits per heavy atom. The van der Waals surface area contributed by atoms with E-state index in [1.54, 1.807) is 6.92 Å². The highest BCUT2D eigenvalue weighted by atomic mass is 16.5. The van der Waals surface area contributed by atoms with Crippen molar-refractivity contribution in [3.05, 3.63) is 0 Å². The number of nitrogens with one attached hydrogen (secondary N) is 1. The standard InChI is InChI=1S/C9H15NO4/c1-3-14-9(13)4-5-10-8(12)6-7(2)11/h3-6H2,1-2H3,(H,10,12). The second-order valence-corrected chi connectivity index (χ2v) is 2.78. The normalized spacial score (nSPS) is 9.29. The van der Waals surface area contributed by atoms with Crippen molar-refractivity contribution in [3.63, 3.8) is 0 Å². The molecule has 0 aromatic carbocycles. The third-order valence-electron chi connectivity index (χ3n) is 1.37. The minimum absolute atomic E-state index is 0.136. The van der Waals surface area contributed by atoms with Crippen molar-refractivity contribution in [3.8, 4) is 0 Å². The van der Waals surface area contributed by atoms with Gasteiger partial charge in [0.25, 0.3) is 0 Å². The number of Topliss-reactive ketones (excluding diaryl/α,β-unsaturated/α-hetero) is 1. The Balaban J connectivity index is 3.49. The van der Waals surface area contributed by atoms with Crippen molar-refractivity contribution < 1.29 is 19.1 Å². The predicted octanol–water partition coefficient (Wildman–Crippen LogP) is 0.0349. The van der Waals surface area contributed by atoms with E-state index in [0.29, 0.717) is 6.61 Å². The van der Waals surface area contributed by atoms with Gasteiger partial charge in [0.2, 0.25) is 5.91 Å². The van der Waals surface area contributed by atoms with Crippen LogP contribution in [-0.2, 0) is 19.1 Å². The zero-order valence-electron chi connectivity index (χ0n) is 8.46. The van der Waals surface area contributed by atoms with Gasteiger partial charge in [0.05, 0.1) is 19.4 Å². The molecule has 0 heterocycles. The van der Waals surface area contributed by atoms with Crippen LogP contribution in [0.1, 0.15) is 26.7 Å². The number of hydrogen-bond acceptors (Lipinski definition) is 4. The first-order chi connectivity index (χ1) is 6.56. The van der Waals surface area contributed by atoms with Crippen molar-refractivity contribution in [2.24, 2.45) is 0 Å². The molecule has 0 radical (unpaired) electrons. The van der Waals surface area contributed by atoms with E-state index in [-0.39, 0.29) is 37.0 Å². The van der Waals surface area contributed by atoms with Crippen LogP contribution in [0.3, 0.4) is 0 Å². The van der Waals surface area contributed by atoms with Crippen LogP contribution in [0.2, 0.25) is 0 Å². The highest BCUT2D eigenvalue weighted by Crippen LogP contribution is 1.86. The molecule has 14 heavy (non-hydrogen) atoms. The molecular weight excluding hydrogens is 186 g/mol. The van der Waals surface area contributed by atoms with E-state index >= 15 is 0 Å². The van der Waals surface area contributed by atoms with Gasteiger partial charge in [-0.15, -0.1) is 0 Å². The first-order valence-electron chi connectivity index (χ1n) is 4.48. The Hall–Kier alpha value is -1.39. The smallest absolute Gasteiger partial charge is 0.307 e. The lowest BCUT2D eigenvalue weighted by Gasteiger charge is -2.03. The highest BCUT2D eigenvalue weighted by Gasteiger charge is 2.06. The van der Waals surface area contributed by atoms with Gasteiger partial charge in [-0.25, -0.2) is 0 Å². The van der Waals surface area contributed by atoms with Crippen molar-refractivity contribution in [2.75, 3.05) is 13.2 Å². The molecule has 0 aromatic heterocycles. The Labute approximate surface area is 82.8 Å². The van der Waals surface area contributed by atoms with Crippen LogP contribution in [-0.4, -0.2) is 30.8 Å². The predicted molar refractivity (Wildman–Crippen MR) is 49.6 cm³/mol. The number of esters is 1. The molecule has 0 fully saturated rings. The molecule has 0 aromatic rings. The van der Waals surface area contributed by atoms with Crippen LogP contribution >= 0.6 is 0 Å². The Kier molecular flexibility index (Phi) is 6.36. The van der Waals surface area contributed by atoms with Crippen molar-refractivity contribution in [2.45, 2.75) is 26.7 Å². The summed E-state index contributed by atoms with van der Waals surface area (Å²) in [6.07, 6.45) is 0.000308. The van der Waals surface area contributed by atoms with E-state index in [1.807, 2.05) is 0 Å². The zero-order valence-corrected chi connectivity index (χ0v) is 8.46. The molecular formula is C9H15NO4. The molecule has 0 aliphatic rings. The fourth-order valence-electron chi connectivity index (χ4n) is 0.826. The summed E-state index contributed by atoms with van der Waals surface area (Å²) in [7, 11) is 0. The average Bonchev–Trinajstić information content (AvgIpc) is 2.02. The van der Waals surface area contributed by atoms with E-state index < -0.39 is 0 Å². The maximum atomic E-state index is 10.9. The molecule has 0 atom stereocenters. The fraction of sp³-hybridized carbons (Fsp3) is 0.667. The first-order valence-corrected chi connectivity index (χ1v) is 4.48. The summed E-state index contributed by atoms with van der Waals surface area (Å²) >= 11 is 0. The average molecular weight is 201 g/mol. The van der Waals surface area contributed by atoms with Crippen LogP contribution in [0.25, 0.3) is 0 Å². The Morgan fingerprint density at radius 3 is 2.43 bits per heavy atom. The van der Waals surface area contributed by atoms with Crippen LogP contribution in [0.5, 0.6) is 0 Å². The zero-order chi connectivity index (χ0) is 11.0. The summed E-state index contributed by atoms with van der Waals surface area (Å²) in [4.78, 5) is 32.2. The van der Waals surface area contributed by atoms with Gasteiger partial charge in [0, 0.05) is 6.54 Å². The van der Waals surface area contributed by atoms with Crippen LogP contribution < -0.4 is 5.32 Å². The topological polar surface area (TPSA) is 72.5 Å². The number of ether oxygens (including phenoxy) is 1. The van der Waals surface area contributed by atoms with E-state index in [2.05, 4.69) is 10.1 Å². The molecule has 0 saturated carbocycles. The number of rotatable bonds is 6. The van der Waals surface area contributed by atoms with Gasteiger partial charge in [-0.3, -0.25) is 14.4 Å². The molecule has 5 heteroatoms. The summed E-state index contributed by atoms with van der Waals surface area (Å²) < 4.78 is 4.65. The van der Waals surface area contributed by atoms with Crippen molar-refractivity contribution in [1.29, 1.82) is 0 Å². The molecule has 5 nitrogen and oxygen atoms in total. The second-order valence-electron chi connectivity index (χ2n) is 2.78. The number of carbonyl (C=O) groups is 3. The summed E-state index contributed by atoms with van der Waals surface area (Å²) in [6, 6.07) is 0. The lowest BCUT2D eigenvalue weighted by atomic mass is 10.3. The van der Waals surface area contributed by atoms with Gasteiger partial charge in [-0.2, -0.15) is 0 Å². The number of carbonyl (C=O) groups excluding carboxylic acids is 3. The minimum atomic E-state index is -0.359. The van der Waals surface area contributed by atoms with Crippen molar-refractivity contribution >= 4 is 17.7 Å². The van der Waals surface area contributed by atoms with Crippen LogP contribution in [0, 0.1) is 0 Å². The molecule has 1 amide bonds. The third-order valence-corrected chi connectivity index (χ3v) is 1.37.